The van der Waals surface area contributed by atoms with Crippen molar-refractivity contribution in [2.24, 2.45) is 0 Å². The van der Waals surface area contributed by atoms with Crippen LogP contribution in [0, 0.1) is 0 Å². The summed E-state index contributed by atoms with van der Waals surface area (Å²) in [7, 11) is 0. The van der Waals surface area contributed by atoms with E-state index in [4.69, 9.17) is 4.74 Å². The van der Waals surface area contributed by atoms with Crippen LogP contribution in [0.3, 0.4) is 0 Å². The Labute approximate surface area is 223 Å². The third-order valence-corrected chi connectivity index (χ3v) is 5.71. The van der Waals surface area contributed by atoms with Crippen molar-refractivity contribution >= 4 is 33.6 Å². The van der Waals surface area contributed by atoms with Gasteiger partial charge < -0.3 is 35.3 Å². The molecule has 0 saturated heterocycles. The largest absolute Gasteiger partial charge is 1.00 e. The van der Waals surface area contributed by atoms with E-state index < -0.39 is 60.8 Å². The van der Waals surface area contributed by atoms with Crippen LogP contribution >= 0.6 is 0 Å². The Hall–Kier alpha value is -2.68. The molecule has 5 atom stereocenters. The number of rotatable bonds is 6. The molecule has 0 bridgehead atoms. The maximum absolute atomic E-state index is 13.1. The van der Waals surface area contributed by atoms with Crippen LogP contribution < -0.4 is 40.0 Å². The molecular weight excluding hydrogens is 498 g/mol. The molecule has 3 aromatic rings. The first-order valence-electron chi connectivity index (χ1n) is 10.3. The number of hydrogen-bond donors (Lipinski definition) is 4. The molecular formula is C22H19F3N3NaO7. The van der Waals surface area contributed by atoms with E-state index in [2.05, 4.69) is 5.10 Å². The number of amides is 1. The van der Waals surface area contributed by atoms with Crippen LogP contribution in [0.25, 0.3) is 21.7 Å². The first kappa shape index (κ1) is 27.9. The number of ether oxygens (including phenoxy) is 1. The minimum Gasteiger partial charge on any atom is -0.542 e. The molecule has 0 saturated carbocycles. The third kappa shape index (κ3) is 5.36. The quantitative estimate of drug-likeness (QED) is 0.246. The van der Waals surface area contributed by atoms with Crippen molar-refractivity contribution in [2.75, 3.05) is 6.61 Å². The van der Waals surface area contributed by atoms with Gasteiger partial charge >= 0.3 is 41.6 Å². The second kappa shape index (κ2) is 10.7. The molecule has 1 aromatic heterocycles. The van der Waals surface area contributed by atoms with Crippen molar-refractivity contribution in [3.63, 3.8) is 0 Å². The topological polar surface area (TPSA) is 157 Å². The maximum Gasteiger partial charge on any atom is 1.00 e. The molecule has 1 amide bonds. The number of carbonyl (C=O) groups excluding carboxylic acids is 2. The Bertz CT molecular complexity index is 1310. The predicted molar refractivity (Wildman–Crippen MR) is 111 cm³/mol. The molecule has 0 fully saturated rings. The van der Waals surface area contributed by atoms with Gasteiger partial charge in [0, 0.05) is 17.0 Å². The van der Waals surface area contributed by atoms with Gasteiger partial charge in [-0.2, -0.15) is 18.3 Å². The summed E-state index contributed by atoms with van der Waals surface area (Å²) in [5.41, 5.74) is 0.450. The van der Waals surface area contributed by atoms with E-state index >= 15 is 0 Å². The van der Waals surface area contributed by atoms with Gasteiger partial charge in [-0.3, -0.25) is 9.48 Å². The average Bonchev–Trinajstić information content (AvgIpc) is 3.27. The van der Waals surface area contributed by atoms with Gasteiger partial charge in [0.05, 0.1) is 18.7 Å². The number of aliphatic carboxylic acids is 1. The number of benzene rings is 2. The van der Waals surface area contributed by atoms with Gasteiger partial charge in [0.1, 0.15) is 35.6 Å². The van der Waals surface area contributed by atoms with Gasteiger partial charge in [-0.1, -0.05) is 36.4 Å². The SMILES string of the molecule is O=C([O-])C1=C[C@H](n2cc3ccc4ccccc4c3n2)[C@@H](NC(=O)C(F)(F)F)[C@H]([C@H](O)[C@H](O)CO)O1.[Na+]. The Kier molecular flexibility index (Phi) is 8.33. The molecule has 0 spiro atoms. The standard InChI is InChI=1S/C22H20F3N3O7.Na/c23-22(24,25)21(34)26-17-13(7-15(20(32)33)35-19(17)18(31)14(30)9-29)28-8-11-6-5-10-3-1-2-4-12(10)16(11)27-28;/h1-8,13-14,17-19,29-31H,9H2,(H,26,34)(H,32,33);/q;+1/p-1/t13-,14+,17+,18+,19+;/m0./s1. The Morgan fingerprint density at radius 2 is 1.83 bits per heavy atom. The zero-order valence-corrected chi connectivity index (χ0v) is 20.7. The van der Waals surface area contributed by atoms with Gasteiger partial charge in [0.2, 0.25) is 0 Å². The van der Waals surface area contributed by atoms with E-state index in [1.54, 1.807) is 35.6 Å². The summed E-state index contributed by atoms with van der Waals surface area (Å²) in [4.78, 5) is 23.4. The summed E-state index contributed by atoms with van der Waals surface area (Å²) in [5, 5.41) is 49.3. The number of fused-ring (bicyclic) bond motifs is 3. The summed E-state index contributed by atoms with van der Waals surface area (Å²) in [6.45, 7) is -1.02. The second-order valence-corrected chi connectivity index (χ2v) is 7.96. The van der Waals surface area contributed by atoms with Crippen LogP contribution in [0.2, 0.25) is 0 Å². The maximum atomic E-state index is 13.1. The molecule has 2 heterocycles. The van der Waals surface area contributed by atoms with Crippen LogP contribution in [-0.2, 0) is 14.3 Å². The molecule has 0 radical (unpaired) electrons. The minimum atomic E-state index is -5.32. The zero-order valence-electron chi connectivity index (χ0n) is 18.7. The van der Waals surface area contributed by atoms with Crippen LogP contribution in [0.15, 0.2) is 54.4 Å². The molecule has 14 heteroatoms. The van der Waals surface area contributed by atoms with E-state index in [1.807, 2.05) is 6.07 Å². The van der Waals surface area contributed by atoms with Crippen LogP contribution in [0.1, 0.15) is 6.04 Å². The molecule has 186 valence electrons. The van der Waals surface area contributed by atoms with E-state index in [9.17, 15) is 43.2 Å². The van der Waals surface area contributed by atoms with Gasteiger partial charge in [0.25, 0.3) is 0 Å². The average molecular weight is 517 g/mol. The Balaban J connectivity index is 0.00000361. The fourth-order valence-corrected chi connectivity index (χ4v) is 4.01. The summed E-state index contributed by atoms with van der Waals surface area (Å²) < 4.78 is 45.5. The van der Waals surface area contributed by atoms with Crippen molar-refractivity contribution in [3.8, 4) is 0 Å². The van der Waals surface area contributed by atoms with E-state index in [0.717, 1.165) is 16.1 Å². The number of carboxylic acids is 1. The molecule has 4 N–H and O–H groups in total. The summed E-state index contributed by atoms with van der Waals surface area (Å²) in [5.74, 6) is -5.10. The zero-order chi connectivity index (χ0) is 25.5. The van der Waals surface area contributed by atoms with Gasteiger partial charge in [0.15, 0.2) is 0 Å². The van der Waals surface area contributed by atoms with Crippen molar-refractivity contribution in [3.05, 3.63) is 54.4 Å². The first-order chi connectivity index (χ1) is 16.5. The van der Waals surface area contributed by atoms with Crippen molar-refractivity contribution in [1.29, 1.82) is 0 Å². The first-order valence-corrected chi connectivity index (χ1v) is 10.3. The molecule has 0 unspecified atom stereocenters. The molecule has 1 aliphatic heterocycles. The number of aliphatic hydroxyl groups excluding tert-OH is 3. The number of alkyl halides is 3. The number of aliphatic hydroxyl groups is 3. The van der Waals surface area contributed by atoms with E-state index in [-0.39, 0.29) is 29.6 Å². The molecule has 36 heavy (non-hydrogen) atoms. The third-order valence-electron chi connectivity index (χ3n) is 5.71. The number of nitrogens with zero attached hydrogens (tertiary/aromatic N) is 2. The van der Waals surface area contributed by atoms with Gasteiger partial charge in [-0.15, -0.1) is 0 Å². The number of carboxylic acid groups (broad SMARTS) is 1. The summed E-state index contributed by atoms with van der Waals surface area (Å²) in [6.07, 6.45) is -8.93. The van der Waals surface area contributed by atoms with Gasteiger partial charge in [-0.25, -0.2) is 0 Å². The normalized spacial score (nSPS) is 21.7. The molecule has 10 nitrogen and oxygen atoms in total. The minimum absolute atomic E-state index is 0. The molecule has 1 aliphatic rings. The fourth-order valence-electron chi connectivity index (χ4n) is 4.01. The van der Waals surface area contributed by atoms with Crippen molar-refractivity contribution < 1.29 is 77.5 Å². The second-order valence-electron chi connectivity index (χ2n) is 7.96. The van der Waals surface area contributed by atoms with Gasteiger partial charge in [-0.05, 0) is 11.5 Å². The summed E-state index contributed by atoms with van der Waals surface area (Å²) >= 11 is 0. The number of nitrogens with one attached hydrogen (secondary N) is 1. The number of aromatic nitrogens is 2. The Morgan fingerprint density at radius 3 is 2.47 bits per heavy atom. The van der Waals surface area contributed by atoms with Crippen molar-refractivity contribution in [1.82, 2.24) is 15.1 Å². The molecule has 2 aromatic carbocycles. The Morgan fingerprint density at radius 1 is 1.17 bits per heavy atom. The molecule has 4 rings (SSSR count). The van der Waals surface area contributed by atoms with E-state index in [1.165, 1.54) is 6.20 Å². The van der Waals surface area contributed by atoms with Crippen LogP contribution in [0.5, 0.6) is 0 Å². The predicted octanol–water partition coefficient (Wildman–Crippen LogP) is -3.47. The fraction of sp³-hybridized carbons (Fsp3) is 0.318. The smallest absolute Gasteiger partial charge is 0.542 e. The van der Waals surface area contributed by atoms with Crippen LogP contribution in [-0.4, -0.2) is 74.1 Å². The van der Waals surface area contributed by atoms with Crippen LogP contribution in [0.4, 0.5) is 13.2 Å². The number of hydrogen-bond acceptors (Lipinski definition) is 8. The van der Waals surface area contributed by atoms with Crippen molar-refractivity contribution in [2.45, 2.75) is 36.6 Å². The summed E-state index contributed by atoms with van der Waals surface area (Å²) in [6, 6.07) is 7.49. The number of carbonyl (C=O) groups is 2. The van der Waals surface area contributed by atoms with E-state index in [0.29, 0.717) is 16.3 Å². The monoisotopic (exact) mass is 517 g/mol. The molecule has 0 aliphatic carbocycles. The number of halogens is 3.